The van der Waals surface area contributed by atoms with Gasteiger partial charge in [-0.3, -0.25) is 4.79 Å². The number of nitrogens with zero attached hydrogens (tertiary/aromatic N) is 1. The van der Waals surface area contributed by atoms with Crippen molar-refractivity contribution in [3.05, 3.63) is 35.4 Å². The van der Waals surface area contributed by atoms with Crippen molar-refractivity contribution in [1.82, 2.24) is 16.0 Å². The Bertz CT molecular complexity index is 524. The molecule has 0 aliphatic heterocycles. The Balaban J connectivity index is 0.00000625. The SMILES string of the molecule is CCNC(=NCc1ccc(C(=O)NC)cc1)NCCCOCCOC.I. The highest BCUT2D eigenvalue weighted by Gasteiger charge is 2.02. The van der Waals surface area contributed by atoms with Gasteiger partial charge in [0.05, 0.1) is 19.8 Å². The van der Waals surface area contributed by atoms with Gasteiger partial charge in [0.2, 0.25) is 0 Å². The second-order valence-electron chi connectivity index (χ2n) is 5.36. The molecule has 0 bridgehead atoms. The lowest BCUT2D eigenvalue weighted by atomic mass is 10.1. The Morgan fingerprint density at radius 1 is 1.12 bits per heavy atom. The number of hydrogen-bond acceptors (Lipinski definition) is 4. The summed E-state index contributed by atoms with van der Waals surface area (Å²) >= 11 is 0. The number of amides is 1. The van der Waals surface area contributed by atoms with Gasteiger partial charge in [-0.15, -0.1) is 24.0 Å². The zero-order valence-electron chi connectivity index (χ0n) is 15.8. The summed E-state index contributed by atoms with van der Waals surface area (Å²) in [5.74, 6) is 0.688. The van der Waals surface area contributed by atoms with Crippen LogP contribution in [0.5, 0.6) is 0 Å². The second kappa shape index (κ2) is 15.8. The van der Waals surface area contributed by atoms with Crippen molar-refractivity contribution in [2.45, 2.75) is 19.9 Å². The zero-order chi connectivity index (χ0) is 18.3. The molecule has 0 radical (unpaired) electrons. The summed E-state index contributed by atoms with van der Waals surface area (Å²) in [6, 6.07) is 7.45. The van der Waals surface area contributed by atoms with E-state index in [0.717, 1.165) is 31.0 Å². The van der Waals surface area contributed by atoms with Crippen LogP contribution < -0.4 is 16.0 Å². The number of ether oxygens (including phenoxy) is 2. The summed E-state index contributed by atoms with van der Waals surface area (Å²) in [7, 11) is 3.29. The molecule has 0 saturated carbocycles. The maximum absolute atomic E-state index is 11.5. The Hall–Kier alpha value is -1.39. The molecule has 0 unspecified atom stereocenters. The number of aliphatic imine (C=N–C) groups is 1. The van der Waals surface area contributed by atoms with Gasteiger partial charge in [-0.25, -0.2) is 4.99 Å². The molecule has 1 aromatic carbocycles. The number of hydrogen-bond donors (Lipinski definition) is 3. The maximum Gasteiger partial charge on any atom is 0.251 e. The van der Waals surface area contributed by atoms with Gasteiger partial charge in [0.1, 0.15) is 0 Å². The molecule has 0 saturated heterocycles. The highest BCUT2D eigenvalue weighted by Crippen LogP contribution is 2.05. The molecule has 0 aliphatic rings. The third kappa shape index (κ3) is 10.6. The van der Waals surface area contributed by atoms with Crippen molar-refractivity contribution in [1.29, 1.82) is 0 Å². The number of carbonyl (C=O) groups excluding carboxylic acids is 1. The summed E-state index contributed by atoms with van der Waals surface area (Å²) in [6.07, 6.45) is 0.898. The lowest BCUT2D eigenvalue weighted by Crippen LogP contribution is -2.38. The first-order valence-electron chi connectivity index (χ1n) is 8.61. The third-order valence-electron chi connectivity index (χ3n) is 3.40. The lowest BCUT2D eigenvalue weighted by molar-refractivity contribution is 0.0698. The third-order valence-corrected chi connectivity index (χ3v) is 3.40. The van der Waals surface area contributed by atoms with Crippen LogP contribution in [0.3, 0.4) is 0 Å². The number of carbonyl (C=O) groups is 1. The van der Waals surface area contributed by atoms with Gasteiger partial charge in [0, 0.05) is 39.4 Å². The zero-order valence-corrected chi connectivity index (χ0v) is 18.2. The summed E-state index contributed by atoms with van der Waals surface area (Å²) in [5, 5.41) is 9.11. The van der Waals surface area contributed by atoms with E-state index in [4.69, 9.17) is 9.47 Å². The number of methoxy groups -OCH3 is 1. The number of benzene rings is 1. The monoisotopic (exact) mass is 478 g/mol. The van der Waals surface area contributed by atoms with Crippen LogP contribution in [0.4, 0.5) is 0 Å². The first-order chi connectivity index (χ1) is 12.2. The normalized spacial score (nSPS) is 10.8. The molecule has 8 heteroatoms. The Morgan fingerprint density at radius 2 is 1.85 bits per heavy atom. The highest BCUT2D eigenvalue weighted by molar-refractivity contribution is 14.0. The second-order valence-corrected chi connectivity index (χ2v) is 5.36. The smallest absolute Gasteiger partial charge is 0.251 e. The van der Waals surface area contributed by atoms with Gasteiger partial charge >= 0.3 is 0 Å². The largest absolute Gasteiger partial charge is 0.382 e. The van der Waals surface area contributed by atoms with Crippen LogP contribution in [-0.4, -0.2) is 58.9 Å². The topological polar surface area (TPSA) is 84.0 Å². The molecular weight excluding hydrogens is 447 g/mol. The van der Waals surface area contributed by atoms with Crippen LogP contribution in [0.25, 0.3) is 0 Å². The van der Waals surface area contributed by atoms with E-state index >= 15 is 0 Å². The minimum absolute atomic E-state index is 0. The van der Waals surface area contributed by atoms with E-state index in [1.54, 1.807) is 26.3 Å². The van der Waals surface area contributed by atoms with Crippen molar-refractivity contribution in [2.75, 3.05) is 47.1 Å². The molecule has 7 nitrogen and oxygen atoms in total. The molecule has 1 rings (SSSR count). The number of rotatable bonds is 11. The molecular formula is C18H31IN4O3. The standard InChI is InChI=1S/C18H30N4O3.HI/c1-4-20-18(21-10-5-11-25-13-12-24-3)22-14-15-6-8-16(9-7-15)17(23)19-2;/h6-9H,4-5,10-14H2,1-3H3,(H,19,23)(H2,20,21,22);1H. The molecule has 0 heterocycles. The average Bonchev–Trinajstić information content (AvgIpc) is 2.65. The predicted molar refractivity (Wildman–Crippen MR) is 115 cm³/mol. The molecule has 1 amide bonds. The van der Waals surface area contributed by atoms with Crippen molar-refractivity contribution in [3.63, 3.8) is 0 Å². The first kappa shape index (κ1) is 24.6. The van der Waals surface area contributed by atoms with E-state index in [2.05, 4.69) is 20.9 Å². The van der Waals surface area contributed by atoms with Crippen LogP contribution in [0.15, 0.2) is 29.3 Å². The molecule has 0 fully saturated rings. The fourth-order valence-corrected chi connectivity index (χ4v) is 2.04. The molecule has 26 heavy (non-hydrogen) atoms. The summed E-state index contributed by atoms with van der Waals surface area (Å²) in [4.78, 5) is 16.1. The summed E-state index contributed by atoms with van der Waals surface area (Å²) in [5.41, 5.74) is 1.70. The van der Waals surface area contributed by atoms with E-state index < -0.39 is 0 Å². The number of guanidine groups is 1. The van der Waals surface area contributed by atoms with E-state index in [1.807, 2.05) is 19.1 Å². The van der Waals surface area contributed by atoms with E-state index in [0.29, 0.717) is 31.9 Å². The lowest BCUT2D eigenvalue weighted by Gasteiger charge is -2.11. The molecule has 148 valence electrons. The minimum Gasteiger partial charge on any atom is -0.382 e. The average molecular weight is 478 g/mol. The van der Waals surface area contributed by atoms with Gasteiger partial charge in [0.25, 0.3) is 5.91 Å². The summed E-state index contributed by atoms with van der Waals surface area (Å²) < 4.78 is 10.4. The van der Waals surface area contributed by atoms with Crippen molar-refractivity contribution in [3.8, 4) is 0 Å². The van der Waals surface area contributed by atoms with Crippen LogP contribution in [-0.2, 0) is 16.0 Å². The molecule has 3 N–H and O–H groups in total. The van der Waals surface area contributed by atoms with Crippen molar-refractivity contribution in [2.24, 2.45) is 4.99 Å². The molecule has 1 aromatic rings. The van der Waals surface area contributed by atoms with Crippen molar-refractivity contribution >= 4 is 35.8 Å². The molecule has 0 atom stereocenters. The Kier molecular flexibility index (Phi) is 15.0. The fourth-order valence-electron chi connectivity index (χ4n) is 2.04. The number of nitrogens with one attached hydrogen (secondary N) is 3. The van der Waals surface area contributed by atoms with Gasteiger partial charge in [0.15, 0.2) is 5.96 Å². The van der Waals surface area contributed by atoms with Gasteiger partial charge in [-0.05, 0) is 31.0 Å². The van der Waals surface area contributed by atoms with Gasteiger partial charge in [-0.2, -0.15) is 0 Å². The molecule has 0 aromatic heterocycles. The van der Waals surface area contributed by atoms with Crippen LogP contribution in [0.2, 0.25) is 0 Å². The van der Waals surface area contributed by atoms with Crippen LogP contribution >= 0.6 is 24.0 Å². The van der Waals surface area contributed by atoms with Crippen LogP contribution in [0, 0.1) is 0 Å². The Labute approximate surface area is 173 Å². The predicted octanol–water partition coefficient (Wildman–Crippen LogP) is 1.77. The quantitative estimate of drug-likeness (QED) is 0.196. The van der Waals surface area contributed by atoms with Gasteiger partial charge in [-0.1, -0.05) is 12.1 Å². The van der Waals surface area contributed by atoms with E-state index in [9.17, 15) is 4.79 Å². The first-order valence-corrected chi connectivity index (χ1v) is 8.61. The molecule has 0 spiro atoms. The fraction of sp³-hybridized carbons (Fsp3) is 0.556. The molecule has 0 aliphatic carbocycles. The van der Waals surface area contributed by atoms with E-state index in [-0.39, 0.29) is 29.9 Å². The Morgan fingerprint density at radius 3 is 2.46 bits per heavy atom. The highest BCUT2D eigenvalue weighted by atomic mass is 127. The van der Waals surface area contributed by atoms with E-state index in [1.165, 1.54) is 0 Å². The van der Waals surface area contributed by atoms with Crippen molar-refractivity contribution < 1.29 is 14.3 Å². The van der Waals surface area contributed by atoms with Gasteiger partial charge < -0.3 is 25.4 Å². The summed E-state index contributed by atoms with van der Waals surface area (Å²) in [6.45, 7) is 6.10. The van der Waals surface area contributed by atoms with Crippen LogP contribution in [0.1, 0.15) is 29.3 Å². The minimum atomic E-state index is -0.0854. The number of halogens is 1. The maximum atomic E-state index is 11.5.